The van der Waals surface area contributed by atoms with E-state index < -0.39 is 0 Å². The Morgan fingerprint density at radius 1 is 1.40 bits per heavy atom. The van der Waals surface area contributed by atoms with Crippen LogP contribution >= 0.6 is 11.3 Å². The summed E-state index contributed by atoms with van der Waals surface area (Å²) in [5.41, 5.74) is 1.14. The van der Waals surface area contributed by atoms with Crippen molar-refractivity contribution in [1.82, 2.24) is 10.3 Å². The van der Waals surface area contributed by atoms with E-state index in [9.17, 15) is 4.79 Å². The van der Waals surface area contributed by atoms with Gasteiger partial charge in [-0.05, 0) is 31.9 Å². The minimum Gasteiger partial charge on any atom is -0.350 e. The molecule has 2 heterocycles. The summed E-state index contributed by atoms with van der Waals surface area (Å²) in [7, 11) is 0. The number of rotatable bonds is 3. The number of hydrogen-bond donors (Lipinski definition) is 1. The summed E-state index contributed by atoms with van der Waals surface area (Å²) in [5.74, 6) is 0.883. The maximum atomic E-state index is 11.9. The summed E-state index contributed by atoms with van der Waals surface area (Å²) in [5, 5.41) is 3.39. The Balaban J connectivity index is 1.95. The highest BCUT2D eigenvalue weighted by molar-refractivity contribution is 7.14. The third-order valence-electron chi connectivity index (χ3n) is 3.32. The number of nitrogens with zero attached hydrogens (tertiary/aromatic N) is 2. The van der Waals surface area contributed by atoms with Gasteiger partial charge in [0.25, 0.3) is 5.91 Å². The van der Waals surface area contributed by atoms with Crippen molar-refractivity contribution in [3.63, 3.8) is 0 Å². The van der Waals surface area contributed by atoms with Crippen molar-refractivity contribution < 1.29 is 4.79 Å². The van der Waals surface area contributed by atoms with Crippen molar-refractivity contribution in [2.75, 3.05) is 18.0 Å². The molecular weight excluding hydrogens is 270 g/mol. The fraction of sp³-hybridized carbons (Fsp3) is 0.333. The Morgan fingerprint density at radius 2 is 2.20 bits per heavy atom. The summed E-state index contributed by atoms with van der Waals surface area (Å²) in [6.07, 6.45) is 2.11. The molecule has 3 rings (SSSR count). The number of anilines is 2. The van der Waals surface area contributed by atoms with E-state index >= 15 is 0 Å². The molecule has 1 aromatic heterocycles. The van der Waals surface area contributed by atoms with Gasteiger partial charge in [-0.2, -0.15) is 0 Å². The SMILES string of the molecule is CCNC(=O)c1nc2c(s1)CCCN2c1ccccc1. The van der Waals surface area contributed by atoms with Gasteiger partial charge >= 0.3 is 0 Å². The van der Waals surface area contributed by atoms with E-state index in [4.69, 9.17) is 0 Å². The van der Waals surface area contributed by atoms with Gasteiger partial charge < -0.3 is 10.2 Å². The predicted molar refractivity (Wildman–Crippen MR) is 81.9 cm³/mol. The Morgan fingerprint density at radius 3 is 2.95 bits per heavy atom. The molecule has 4 nitrogen and oxygen atoms in total. The second-order valence-corrected chi connectivity index (χ2v) is 5.80. The van der Waals surface area contributed by atoms with Crippen LogP contribution in [0.15, 0.2) is 30.3 Å². The van der Waals surface area contributed by atoms with E-state index in [-0.39, 0.29) is 5.91 Å². The van der Waals surface area contributed by atoms with Gasteiger partial charge in [-0.15, -0.1) is 11.3 Å². The summed E-state index contributed by atoms with van der Waals surface area (Å²) in [4.78, 5) is 19.9. The third kappa shape index (κ3) is 2.41. The number of carbonyl (C=O) groups is 1. The van der Waals surface area contributed by atoms with E-state index in [0.717, 1.165) is 30.9 Å². The number of aromatic nitrogens is 1. The number of para-hydroxylation sites is 1. The average Bonchev–Trinajstić information content (AvgIpc) is 2.92. The number of nitrogens with one attached hydrogen (secondary N) is 1. The van der Waals surface area contributed by atoms with Crippen molar-refractivity contribution in [3.05, 3.63) is 40.2 Å². The Hall–Kier alpha value is -1.88. The van der Waals surface area contributed by atoms with E-state index in [1.807, 2.05) is 25.1 Å². The molecule has 0 spiro atoms. The van der Waals surface area contributed by atoms with Crippen molar-refractivity contribution >= 4 is 28.7 Å². The van der Waals surface area contributed by atoms with Gasteiger partial charge in [0.1, 0.15) is 5.82 Å². The van der Waals surface area contributed by atoms with E-state index in [0.29, 0.717) is 11.6 Å². The standard InChI is InChI=1S/C15H17N3OS/c1-2-16-14(19)15-17-13-12(20-15)9-6-10-18(13)11-7-4-3-5-8-11/h3-5,7-8H,2,6,9-10H2,1H3,(H,16,19). The molecule has 0 radical (unpaired) electrons. The van der Waals surface area contributed by atoms with E-state index in [1.54, 1.807) is 0 Å². The largest absolute Gasteiger partial charge is 0.350 e. The molecular formula is C15H17N3OS. The molecule has 0 atom stereocenters. The predicted octanol–water partition coefficient (Wildman–Crippen LogP) is 2.98. The second-order valence-electron chi connectivity index (χ2n) is 4.72. The molecule has 0 unspecified atom stereocenters. The minimum absolute atomic E-state index is 0.0695. The number of thiazole rings is 1. The maximum absolute atomic E-state index is 11.9. The first kappa shape index (κ1) is 13.1. The number of aryl methyl sites for hydroxylation is 1. The molecule has 0 saturated carbocycles. The smallest absolute Gasteiger partial charge is 0.280 e. The highest BCUT2D eigenvalue weighted by atomic mass is 32.1. The first-order chi connectivity index (χ1) is 9.79. The number of carbonyl (C=O) groups excluding carboxylic acids is 1. The molecule has 1 N–H and O–H groups in total. The average molecular weight is 287 g/mol. The first-order valence-corrected chi connectivity index (χ1v) is 7.71. The third-order valence-corrected chi connectivity index (χ3v) is 4.42. The van der Waals surface area contributed by atoms with Gasteiger partial charge in [0.15, 0.2) is 5.01 Å². The lowest BCUT2D eigenvalue weighted by Gasteiger charge is -2.27. The summed E-state index contributed by atoms with van der Waals surface area (Å²) >= 11 is 1.52. The number of hydrogen-bond acceptors (Lipinski definition) is 4. The molecule has 2 aromatic rings. The van der Waals surface area contributed by atoms with Crippen LogP contribution in [0, 0.1) is 0 Å². The molecule has 5 heteroatoms. The van der Waals surface area contributed by atoms with Crippen molar-refractivity contribution in [3.8, 4) is 0 Å². The lowest BCUT2D eigenvalue weighted by atomic mass is 10.1. The zero-order chi connectivity index (χ0) is 13.9. The highest BCUT2D eigenvalue weighted by Crippen LogP contribution is 2.36. The first-order valence-electron chi connectivity index (χ1n) is 6.90. The topological polar surface area (TPSA) is 45.2 Å². The monoisotopic (exact) mass is 287 g/mol. The second kappa shape index (κ2) is 5.63. The van der Waals surface area contributed by atoms with Crippen LogP contribution in [0.5, 0.6) is 0 Å². The van der Waals surface area contributed by atoms with Crippen LogP contribution in [0.1, 0.15) is 28.0 Å². The van der Waals surface area contributed by atoms with Gasteiger partial charge in [0, 0.05) is 23.7 Å². The Kier molecular flexibility index (Phi) is 3.69. The molecule has 104 valence electrons. The zero-order valence-corrected chi connectivity index (χ0v) is 12.2. The molecule has 0 aliphatic carbocycles. The molecule has 0 bridgehead atoms. The molecule has 1 aliphatic heterocycles. The van der Waals surface area contributed by atoms with Gasteiger partial charge in [-0.3, -0.25) is 4.79 Å². The summed E-state index contributed by atoms with van der Waals surface area (Å²) in [6, 6.07) is 10.2. The van der Waals surface area contributed by atoms with Gasteiger partial charge in [0.05, 0.1) is 0 Å². The van der Waals surface area contributed by atoms with Crippen LogP contribution in [-0.4, -0.2) is 24.0 Å². The van der Waals surface area contributed by atoms with Crippen LogP contribution in [0.2, 0.25) is 0 Å². The van der Waals surface area contributed by atoms with Crippen LogP contribution in [0.4, 0.5) is 11.5 Å². The normalized spacial score (nSPS) is 13.9. The molecule has 0 saturated heterocycles. The molecule has 20 heavy (non-hydrogen) atoms. The molecule has 0 fully saturated rings. The van der Waals surface area contributed by atoms with Crippen LogP contribution < -0.4 is 10.2 Å². The van der Waals surface area contributed by atoms with Gasteiger partial charge in [0.2, 0.25) is 0 Å². The Labute approximate surface area is 122 Å². The van der Waals surface area contributed by atoms with Gasteiger partial charge in [-0.1, -0.05) is 18.2 Å². The summed E-state index contributed by atoms with van der Waals surface area (Å²) in [6.45, 7) is 3.50. The molecule has 1 amide bonds. The Bertz CT molecular complexity index is 609. The number of amides is 1. The lowest BCUT2D eigenvalue weighted by molar-refractivity contribution is 0.0955. The fourth-order valence-corrected chi connectivity index (χ4v) is 3.44. The van der Waals surface area contributed by atoms with Crippen molar-refractivity contribution in [2.45, 2.75) is 19.8 Å². The number of fused-ring (bicyclic) bond motifs is 1. The molecule has 1 aliphatic rings. The van der Waals surface area contributed by atoms with Crippen LogP contribution in [0.25, 0.3) is 0 Å². The maximum Gasteiger partial charge on any atom is 0.280 e. The van der Waals surface area contributed by atoms with Gasteiger partial charge in [-0.25, -0.2) is 4.98 Å². The molecule has 1 aromatic carbocycles. The summed E-state index contributed by atoms with van der Waals surface area (Å²) < 4.78 is 0. The number of benzene rings is 1. The minimum atomic E-state index is -0.0695. The van der Waals surface area contributed by atoms with Crippen molar-refractivity contribution in [1.29, 1.82) is 0 Å². The lowest BCUT2D eigenvalue weighted by Crippen LogP contribution is -2.25. The fourth-order valence-electron chi connectivity index (χ4n) is 2.41. The van der Waals surface area contributed by atoms with Crippen LogP contribution in [0.3, 0.4) is 0 Å². The zero-order valence-electron chi connectivity index (χ0n) is 11.4. The van der Waals surface area contributed by atoms with Crippen molar-refractivity contribution in [2.24, 2.45) is 0 Å². The highest BCUT2D eigenvalue weighted by Gasteiger charge is 2.24. The van der Waals surface area contributed by atoms with E-state index in [1.165, 1.54) is 16.2 Å². The quantitative estimate of drug-likeness (QED) is 0.944. The van der Waals surface area contributed by atoms with Crippen LogP contribution in [-0.2, 0) is 6.42 Å². The van der Waals surface area contributed by atoms with E-state index in [2.05, 4.69) is 27.3 Å².